The number of rotatable bonds is 5. The number of carbonyl (C=O) groups is 1. The third kappa shape index (κ3) is 4.00. The fourth-order valence-electron chi connectivity index (χ4n) is 2.91. The Morgan fingerprint density at radius 2 is 2.04 bits per heavy atom. The maximum absolute atomic E-state index is 12.7. The Bertz CT molecular complexity index is 1130. The molecule has 6 nitrogen and oxygen atoms in total. The Morgan fingerprint density at radius 3 is 2.68 bits per heavy atom. The van der Waals surface area contributed by atoms with Crippen molar-refractivity contribution in [3.05, 3.63) is 67.5 Å². The van der Waals surface area contributed by atoms with Crippen LogP contribution in [0.15, 0.2) is 41.4 Å². The molecule has 2 aromatic carbocycles. The van der Waals surface area contributed by atoms with Crippen LogP contribution in [0.3, 0.4) is 0 Å². The molecule has 0 radical (unpaired) electrons. The monoisotopic (exact) mass is 417 g/mol. The Hall–Kier alpha value is -2.51. The van der Waals surface area contributed by atoms with Crippen molar-refractivity contribution >= 4 is 44.7 Å². The highest BCUT2D eigenvalue weighted by molar-refractivity contribution is 7.16. The number of aryl methyl sites for hydroxylation is 1. The SMILES string of the molecule is CCCn1c(=NC(=O)c2cc([N+](=O)[O-])ccc2Cl)sc2cc(C(C)C)ccc21. The highest BCUT2D eigenvalue weighted by Gasteiger charge is 2.16. The molecule has 0 bridgehead atoms. The summed E-state index contributed by atoms with van der Waals surface area (Å²) in [6.07, 6.45) is 0.886. The number of nitrogens with zero attached hydrogens (tertiary/aromatic N) is 3. The molecule has 3 aromatic rings. The van der Waals surface area contributed by atoms with E-state index in [9.17, 15) is 14.9 Å². The first kappa shape index (κ1) is 20.2. The highest BCUT2D eigenvalue weighted by Crippen LogP contribution is 2.25. The molecular weight excluding hydrogens is 398 g/mol. The van der Waals surface area contributed by atoms with Crippen LogP contribution in [-0.4, -0.2) is 15.4 Å². The normalized spacial score (nSPS) is 12.1. The van der Waals surface area contributed by atoms with Gasteiger partial charge in [0.15, 0.2) is 4.80 Å². The van der Waals surface area contributed by atoms with Gasteiger partial charge in [-0.2, -0.15) is 4.99 Å². The number of non-ortho nitro benzene ring substituents is 1. The van der Waals surface area contributed by atoms with Crippen LogP contribution in [0.4, 0.5) is 5.69 Å². The molecule has 0 saturated heterocycles. The second-order valence-corrected chi connectivity index (χ2v) is 8.17. The van der Waals surface area contributed by atoms with Gasteiger partial charge in [-0.1, -0.05) is 49.8 Å². The summed E-state index contributed by atoms with van der Waals surface area (Å²) in [7, 11) is 0. The number of nitro groups is 1. The lowest BCUT2D eigenvalue weighted by Gasteiger charge is -2.06. The number of hydrogen-bond acceptors (Lipinski definition) is 4. The molecule has 0 aliphatic rings. The summed E-state index contributed by atoms with van der Waals surface area (Å²) in [4.78, 5) is 28.0. The Morgan fingerprint density at radius 1 is 1.29 bits per heavy atom. The number of thiazole rings is 1. The van der Waals surface area contributed by atoms with Crippen molar-refractivity contribution in [2.75, 3.05) is 0 Å². The van der Waals surface area contributed by atoms with Crippen molar-refractivity contribution in [3.8, 4) is 0 Å². The Labute approximate surface area is 171 Å². The lowest BCUT2D eigenvalue weighted by molar-refractivity contribution is -0.384. The fourth-order valence-corrected chi connectivity index (χ4v) is 4.21. The van der Waals surface area contributed by atoms with E-state index in [4.69, 9.17) is 11.6 Å². The molecule has 1 heterocycles. The number of carbonyl (C=O) groups excluding carboxylic acids is 1. The van der Waals surface area contributed by atoms with Gasteiger partial charge in [-0.05, 0) is 36.1 Å². The molecule has 1 aromatic heterocycles. The molecule has 0 aliphatic carbocycles. The van der Waals surface area contributed by atoms with Gasteiger partial charge in [0.25, 0.3) is 11.6 Å². The lowest BCUT2D eigenvalue weighted by atomic mass is 10.0. The average Bonchev–Trinajstić information content (AvgIpc) is 2.98. The second-order valence-electron chi connectivity index (χ2n) is 6.76. The summed E-state index contributed by atoms with van der Waals surface area (Å²) in [6.45, 7) is 7.04. The minimum atomic E-state index is -0.589. The van der Waals surface area contributed by atoms with Crippen LogP contribution in [0, 0.1) is 10.1 Å². The molecule has 0 fully saturated rings. The van der Waals surface area contributed by atoms with Crippen LogP contribution in [-0.2, 0) is 6.54 Å². The largest absolute Gasteiger partial charge is 0.316 e. The number of amides is 1. The topological polar surface area (TPSA) is 77.5 Å². The minimum Gasteiger partial charge on any atom is -0.316 e. The van der Waals surface area contributed by atoms with Gasteiger partial charge in [0.1, 0.15) is 0 Å². The first-order valence-corrected chi connectivity index (χ1v) is 10.2. The van der Waals surface area contributed by atoms with E-state index in [0.29, 0.717) is 10.7 Å². The number of benzene rings is 2. The van der Waals surface area contributed by atoms with E-state index in [1.807, 2.05) is 4.57 Å². The van der Waals surface area contributed by atoms with Crippen molar-refractivity contribution in [2.45, 2.75) is 39.7 Å². The van der Waals surface area contributed by atoms with E-state index in [1.54, 1.807) is 0 Å². The van der Waals surface area contributed by atoms with E-state index >= 15 is 0 Å². The molecular formula is C20H20ClN3O3S. The number of halogens is 1. The zero-order valence-electron chi connectivity index (χ0n) is 15.8. The summed E-state index contributed by atoms with van der Waals surface area (Å²) in [6, 6.07) is 10.1. The van der Waals surface area contributed by atoms with Crippen LogP contribution in [0.25, 0.3) is 10.2 Å². The predicted molar refractivity (Wildman–Crippen MR) is 112 cm³/mol. The van der Waals surface area contributed by atoms with Gasteiger partial charge in [0.05, 0.1) is 25.7 Å². The maximum atomic E-state index is 12.7. The predicted octanol–water partition coefficient (Wildman–Crippen LogP) is 5.54. The van der Waals surface area contributed by atoms with Gasteiger partial charge in [-0.3, -0.25) is 14.9 Å². The highest BCUT2D eigenvalue weighted by atomic mass is 35.5. The summed E-state index contributed by atoms with van der Waals surface area (Å²) in [5.41, 5.74) is 2.08. The molecule has 3 rings (SSSR count). The zero-order chi connectivity index (χ0) is 20.4. The first-order chi connectivity index (χ1) is 13.3. The van der Waals surface area contributed by atoms with Gasteiger partial charge < -0.3 is 4.57 Å². The van der Waals surface area contributed by atoms with Crippen molar-refractivity contribution < 1.29 is 9.72 Å². The molecule has 0 atom stereocenters. The molecule has 0 spiro atoms. The van der Waals surface area contributed by atoms with Crippen LogP contribution in [0.1, 0.15) is 49.0 Å². The Balaban J connectivity index is 2.15. The number of aromatic nitrogens is 1. The number of fused-ring (bicyclic) bond motifs is 1. The third-order valence-electron chi connectivity index (χ3n) is 4.41. The summed E-state index contributed by atoms with van der Waals surface area (Å²) < 4.78 is 3.06. The molecule has 0 N–H and O–H groups in total. The van der Waals surface area contributed by atoms with Crippen molar-refractivity contribution in [1.29, 1.82) is 0 Å². The third-order valence-corrected chi connectivity index (χ3v) is 5.78. The van der Waals surface area contributed by atoms with Crippen LogP contribution in [0.2, 0.25) is 5.02 Å². The van der Waals surface area contributed by atoms with Gasteiger partial charge in [0, 0.05) is 18.7 Å². The molecule has 1 amide bonds. The van der Waals surface area contributed by atoms with E-state index < -0.39 is 10.8 Å². The van der Waals surface area contributed by atoms with E-state index in [1.165, 1.54) is 35.1 Å². The van der Waals surface area contributed by atoms with Crippen molar-refractivity contribution in [1.82, 2.24) is 4.57 Å². The number of hydrogen-bond donors (Lipinski definition) is 0. The van der Waals surface area contributed by atoms with Crippen LogP contribution >= 0.6 is 22.9 Å². The number of nitro benzene ring substituents is 1. The molecule has 146 valence electrons. The average molecular weight is 418 g/mol. The van der Waals surface area contributed by atoms with E-state index in [-0.39, 0.29) is 16.3 Å². The maximum Gasteiger partial charge on any atom is 0.281 e. The van der Waals surface area contributed by atoms with Gasteiger partial charge in [-0.25, -0.2) is 0 Å². The lowest BCUT2D eigenvalue weighted by Crippen LogP contribution is -2.17. The fraction of sp³-hybridized carbons (Fsp3) is 0.300. The molecule has 28 heavy (non-hydrogen) atoms. The van der Waals surface area contributed by atoms with Crippen molar-refractivity contribution in [2.24, 2.45) is 4.99 Å². The summed E-state index contributed by atoms with van der Waals surface area (Å²) >= 11 is 7.52. The quantitative estimate of drug-likeness (QED) is 0.404. The zero-order valence-corrected chi connectivity index (χ0v) is 17.4. The molecule has 0 aliphatic heterocycles. The summed E-state index contributed by atoms with van der Waals surface area (Å²) in [5.74, 6) is -0.189. The first-order valence-electron chi connectivity index (χ1n) is 8.98. The molecule has 0 saturated carbocycles. The molecule has 0 unspecified atom stereocenters. The second kappa shape index (κ2) is 8.24. The van der Waals surface area contributed by atoms with Gasteiger partial charge in [0.2, 0.25) is 0 Å². The van der Waals surface area contributed by atoms with Gasteiger partial charge in [-0.15, -0.1) is 0 Å². The van der Waals surface area contributed by atoms with E-state index in [0.717, 1.165) is 23.2 Å². The smallest absolute Gasteiger partial charge is 0.281 e. The minimum absolute atomic E-state index is 0.0271. The Kier molecular flexibility index (Phi) is 5.96. The molecule has 8 heteroatoms. The van der Waals surface area contributed by atoms with Crippen LogP contribution in [0.5, 0.6) is 0 Å². The van der Waals surface area contributed by atoms with Gasteiger partial charge >= 0.3 is 0 Å². The van der Waals surface area contributed by atoms with Crippen molar-refractivity contribution in [3.63, 3.8) is 0 Å². The summed E-state index contributed by atoms with van der Waals surface area (Å²) in [5, 5.41) is 11.2. The van der Waals surface area contributed by atoms with E-state index in [2.05, 4.69) is 44.0 Å². The standard InChI is InChI=1S/C20H20ClN3O3S/c1-4-9-23-17-8-5-13(12(2)3)10-18(17)28-20(23)22-19(25)15-11-14(24(26)27)6-7-16(15)21/h5-8,10-12H,4,9H2,1-3H3. The van der Waals surface area contributed by atoms with Crippen LogP contribution < -0.4 is 4.80 Å².